The lowest BCUT2D eigenvalue weighted by Gasteiger charge is -2.04. The Kier molecular flexibility index (Phi) is 2.02. The second-order valence-corrected chi connectivity index (χ2v) is 5.11. The highest BCUT2D eigenvalue weighted by atomic mass is 32.1. The van der Waals surface area contributed by atoms with Crippen LogP contribution in [0.25, 0.3) is 32.2 Å². The fraction of sp³-hybridized carbons (Fsp3) is 0. The third kappa shape index (κ3) is 1.31. The van der Waals surface area contributed by atoms with Crippen molar-refractivity contribution in [2.45, 2.75) is 0 Å². The minimum absolute atomic E-state index is 1.07. The summed E-state index contributed by atoms with van der Waals surface area (Å²) in [4.78, 5) is 7.64. The van der Waals surface area contributed by atoms with E-state index in [-0.39, 0.29) is 0 Å². The van der Waals surface area contributed by atoms with Crippen LogP contribution >= 0.6 is 11.3 Å². The van der Waals surface area contributed by atoms with Crippen molar-refractivity contribution >= 4 is 32.5 Å². The summed E-state index contributed by atoms with van der Waals surface area (Å²) in [7, 11) is 0. The SMILES string of the molecule is c1cc(-c2cccc3[nH]ccc23)c2scnc2c1. The van der Waals surface area contributed by atoms with E-state index in [1.54, 1.807) is 11.3 Å². The Hall–Kier alpha value is -2.13. The number of nitrogens with one attached hydrogen (secondary N) is 1. The molecule has 0 aliphatic rings. The molecule has 2 heterocycles. The smallest absolute Gasteiger partial charge is 0.0818 e. The van der Waals surface area contributed by atoms with Gasteiger partial charge in [0.2, 0.25) is 0 Å². The number of hydrogen-bond donors (Lipinski definition) is 1. The highest BCUT2D eigenvalue weighted by Crippen LogP contribution is 2.34. The predicted octanol–water partition coefficient (Wildman–Crippen LogP) is 4.44. The normalized spacial score (nSPS) is 11.3. The number of nitrogens with zero attached hydrogens (tertiary/aromatic N) is 1. The Labute approximate surface area is 108 Å². The van der Waals surface area contributed by atoms with Crippen molar-refractivity contribution in [3.63, 3.8) is 0 Å². The van der Waals surface area contributed by atoms with Gasteiger partial charge < -0.3 is 4.98 Å². The maximum Gasteiger partial charge on any atom is 0.0818 e. The fourth-order valence-corrected chi connectivity index (χ4v) is 3.24. The highest BCUT2D eigenvalue weighted by Gasteiger charge is 2.09. The van der Waals surface area contributed by atoms with Gasteiger partial charge >= 0.3 is 0 Å². The first-order valence-electron chi connectivity index (χ1n) is 5.82. The first-order valence-corrected chi connectivity index (χ1v) is 6.70. The van der Waals surface area contributed by atoms with Gasteiger partial charge in [0.25, 0.3) is 0 Å². The fourth-order valence-electron chi connectivity index (χ4n) is 2.42. The molecule has 2 nitrogen and oxygen atoms in total. The third-order valence-electron chi connectivity index (χ3n) is 3.24. The summed E-state index contributed by atoms with van der Waals surface area (Å²) >= 11 is 1.70. The van der Waals surface area contributed by atoms with Crippen LogP contribution in [0.15, 0.2) is 54.2 Å². The molecule has 86 valence electrons. The van der Waals surface area contributed by atoms with Gasteiger partial charge in [-0.05, 0) is 23.8 Å². The standard InChI is InChI=1S/C15H10N2S/c1-3-10(11-7-8-16-13(11)5-1)12-4-2-6-14-15(12)18-9-17-14/h1-9,16H. The number of rotatable bonds is 1. The van der Waals surface area contributed by atoms with Gasteiger partial charge in [-0.1, -0.05) is 24.3 Å². The van der Waals surface area contributed by atoms with Gasteiger partial charge in [-0.15, -0.1) is 11.3 Å². The van der Waals surface area contributed by atoms with Gasteiger partial charge in [0, 0.05) is 22.7 Å². The summed E-state index contributed by atoms with van der Waals surface area (Å²) in [5.74, 6) is 0. The molecule has 0 fully saturated rings. The first kappa shape index (κ1) is 9.85. The molecule has 4 aromatic rings. The Morgan fingerprint density at radius 2 is 1.83 bits per heavy atom. The molecule has 0 saturated carbocycles. The number of hydrogen-bond acceptors (Lipinski definition) is 2. The number of benzene rings is 2. The average molecular weight is 250 g/mol. The summed E-state index contributed by atoms with van der Waals surface area (Å²) < 4.78 is 1.26. The van der Waals surface area contributed by atoms with Crippen molar-refractivity contribution in [1.29, 1.82) is 0 Å². The summed E-state index contributed by atoms with van der Waals surface area (Å²) in [6.45, 7) is 0. The van der Waals surface area contributed by atoms with Crippen molar-refractivity contribution in [3.05, 3.63) is 54.2 Å². The van der Waals surface area contributed by atoms with E-state index in [4.69, 9.17) is 0 Å². The first-order chi connectivity index (χ1) is 8.93. The second kappa shape index (κ2) is 3.68. The van der Waals surface area contributed by atoms with E-state index in [1.165, 1.54) is 26.7 Å². The maximum absolute atomic E-state index is 4.38. The van der Waals surface area contributed by atoms with Crippen molar-refractivity contribution < 1.29 is 0 Å². The molecule has 0 spiro atoms. The lowest BCUT2D eigenvalue weighted by Crippen LogP contribution is -1.80. The zero-order valence-electron chi connectivity index (χ0n) is 9.55. The molecule has 0 aliphatic carbocycles. The Morgan fingerprint density at radius 1 is 0.944 bits per heavy atom. The highest BCUT2D eigenvalue weighted by molar-refractivity contribution is 7.17. The molecule has 0 saturated heterocycles. The molecule has 0 aliphatic heterocycles. The Balaban J connectivity index is 2.13. The molecule has 3 heteroatoms. The van der Waals surface area contributed by atoms with Gasteiger partial charge in [-0.3, -0.25) is 0 Å². The van der Waals surface area contributed by atoms with Gasteiger partial charge in [-0.2, -0.15) is 0 Å². The van der Waals surface area contributed by atoms with Crippen molar-refractivity contribution in [1.82, 2.24) is 9.97 Å². The molecular weight excluding hydrogens is 240 g/mol. The van der Waals surface area contributed by atoms with Crippen LogP contribution in [0.1, 0.15) is 0 Å². The minimum atomic E-state index is 1.07. The van der Waals surface area contributed by atoms with Crippen LogP contribution in [0, 0.1) is 0 Å². The van der Waals surface area contributed by atoms with Gasteiger partial charge in [0.05, 0.1) is 15.7 Å². The van der Waals surface area contributed by atoms with Crippen LogP contribution < -0.4 is 0 Å². The Bertz CT molecular complexity index is 770. The predicted molar refractivity (Wildman–Crippen MR) is 76.9 cm³/mol. The molecular formula is C15H10N2S. The summed E-state index contributed by atoms with van der Waals surface area (Å²) in [6.07, 6.45) is 1.99. The monoisotopic (exact) mass is 250 g/mol. The van der Waals surface area contributed by atoms with Gasteiger partial charge in [-0.25, -0.2) is 4.98 Å². The molecule has 0 radical (unpaired) electrons. The van der Waals surface area contributed by atoms with Crippen molar-refractivity contribution in [3.8, 4) is 11.1 Å². The maximum atomic E-state index is 4.38. The molecule has 0 atom stereocenters. The van der Waals surface area contributed by atoms with E-state index < -0.39 is 0 Å². The molecule has 0 unspecified atom stereocenters. The average Bonchev–Trinajstić information content (AvgIpc) is 3.06. The number of fused-ring (bicyclic) bond motifs is 2. The zero-order valence-corrected chi connectivity index (χ0v) is 10.4. The van der Waals surface area contributed by atoms with Crippen LogP contribution in [0.2, 0.25) is 0 Å². The quantitative estimate of drug-likeness (QED) is 0.531. The number of thiazole rings is 1. The van der Waals surface area contributed by atoms with Crippen molar-refractivity contribution in [2.75, 3.05) is 0 Å². The van der Waals surface area contributed by atoms with E-state index in [1.807, 2.05) is 11.7 Å². The molecule has 0 bridgehead atoms. The summed E-state index contributed by atoms with van der Waals surface area (Å²) in [6, 6.07) is 14.8. The van der Waals surface area contributed by atoms with E-state index in [2.05, 4.69) is 52.4 Å². The topological polar surface area (TPSA) is 28.7 Å². The van der Waals surface area contributed by atoms with Crippen LogP contribution in [-0.2, 0) is 0 Å². The molecule has 4 rings (SSSR count). The second-order valence-electron chi connectivity index (χ2n) is 4.25. The van der Waals surface area contributed by atoms with Crippen LogP contribution in [0.3, 0.4) is 0 Å². The third-order valence-corrected chi connectivity index (χ3v) is 4.12. The summed E-state index contributed by atoms with van der Waals surface area (Å²) in [5, 5.41) is 1.26. The molecule has 0 amide bonds. The largest absolute Gasteiger partial charge is 0.361 e. The molecule has 1 N–H and O–H groups in total. The molecule has 2 aromatic heterocycles. The lowest BCUT2D eigenvalue weighted by atomic mass is 10.0. The van der Waals surface area contributed by atoms with E-state index in [0.29, 0.717) is 0 Å². The lowest BCUT2D eigenvalue weighted by molar-refractivity contribution is 1.48. The van der Waals surface area contributed by atoms with E-state index in [0.717, 1.165) is 5.52 Å². The number of aromatic nitrogens is 2. The number of aromatic amines is 1. The zero-order chi connectivity index (χ0) is 11.9. The summed E-state index contributed by atoms with van der Waals surface area (Å²) in [5.41, 5.74) is 6.69. The van der Waals surface area contributed by atoms with Crippen LogP contribution in [0.5, 0.6) is 0 Å². The van der Waals surface area contributed by atoms with Crippen LogP contribution in [-0.4, -0.2) is 9.97 Å². The molecule has 2 aromatic carbocycles. The number of H-pyrrole nitrogens is 1. The van der Waals surface area contributed by atoms with E-state index >= 15 is 0 Å². The van der Waals surface area contributed by atoms with Gasteiger partial charge in [0.15, 0.2) is 0 Å². The van der Waals surface area contributed by atoms with E-state index in [9.17, 15) is 0 Å². The van der Waals surface area contributed by atoms with Crippen molar-refractivity contribution in [2.24, 2.45) is 0 Å². The Morgan fingerprint density at radius 3 is 2.83 bits per heavy atom. The van der Waals surface area contributed by atoms with Crippen LogP contribution in [0.4, 0.5) is 0 Å². The molecule has 18 heavy (non-hydrogen) atoms. The minimum Gasteiger partial charge on any atom is -0.361 e. The van der Waals surface area contributed by atoms with Gasteiger partial charge in [0.1, 0.15) is 0 Å².